The van der Waals surface area contributed by atoms with E-state index in [0.29, 0.717) is 5.92 Å². The molecule has 1 N–H and O–H groups in total. The topological polar surface area (TPSA) is 15.3 Å². The summed E-state index contributed by atoms with van der Waals surface area (Å²) in [7, 11) is 4.31. The van der Waals surface area contributed by atoms with Gasteiger partial charge in [-0.3, -0.25) is 0 Å². The molecule has 2 atom stereocenters. The molecule has 2 nitrogen and oxygen atoms in total. The Kier molecular flexibility index (Phi) is 3.39. The number of hydrogen-bond donors (Lipinski definition) is 1. The zero-order valence-corrected chi connectivity index (χ0v) is 9.61. The summed E-state index contributed by atoms with van der Waals surface area (Å²) in [6, 6.07) is 10.9. The molecule has 0 aromatic heterocycles. The van der Waals surface area contributed by atoms with Crippen molar-refractivity contribution >= 4 is 0 Å². The second-order valence-corrected chi connectivity index (χ2v) is 4.70. The summed E-state index contributed by atoms with van der Waals surface area (Å²) in [4.78, 5) is 2.29. The van der Waals surface area contributed by atoms with Crippen molar-refractivity contribution in [2.45, 2.75) is 5.92 Å². The van der Waals surface area contributed by atoms with Crippen LogP contribution in [0.3, 0.4) is 0 Å². The number of hydrogen-bond acceptors (Lipinski definition) is 2. The summed E-state index contributed by atoms with van der Waals surface area (Å²) in [6.45, 7) is 3.45. The van der Waals surface area contributed by atoms with Crippen LogP contribution >= 0.6 is 0 Å². The SMILES string of the molecule is CN(C)C[C@@H]1CNC[C@@H]1c1ccccc1. The van der Waals surface area contributed by atoms with Gasteiger partial charge in [0, 0.05) is 19.0 Å². The monoisotopic (exact) mass is 204 g/mol. The van der Waals surface area contributed by atoms with Crippen LogP contribution in [0.4, 0.5) is 0 Å². The third kappa shape index (κ3) is 2.58. The molecule has 82 valence electrons. The van der Waals surface area contributed by atoms with E-state index in [-0.39, 0.29) is 0 Å². The summed E-state index contributed by atoms with van der Waals surface area (Å²) in [5.41, 5.74) is 1.48. The van der Waals surface area contributed by atoms with Crippen molar-refractivity contribution in [1.29, 1.82) is 0 Å². The smallest absolute Gasteiger partial charge is 0.00239 e. The third-order valence-corrected chi connectivity index (χ3v) is 3.17. The summed E-state index contributed by atoms with van der Waals surface area (Å²) >= 11 is 0. The van der Waals surface area contributed by atoms with Crippen LogP contribution in [0.25, 0.3) is 0 Å². The first kappa shape index (κ1) is 10.7. The molecule has 1 heterocycles. The molecule has 15 heavy (non-hydrogen) atoms. The lowest BCUT2D eigenvalue weighted by Gasteiger charge is -2.22. The van der Waals surface area contributed by atoms with E-state index in [1.807, 2.05) is 0 Å². The first-order valence-corrected chi connectivity index (χ1v) is 5.68. The largest absolute Gasteiger partial charge is 0.316 e. The van der Waals surface area contributed by atoms with E-state index in [2.05, 4.69) is 54.6 Å². The van der Waals surface area contributed by atoms with Crippen LogP contribution in [0.1, 0.15) is 11.5 Å². The lowest BCUT2D eigenvalue weighted by atomic mass is 9.89. The number of benzene rings is 1. The molecular formula is C13H20N2. The summed E-state index contributed by atoms with van der Waals surface area (Å²) in [5.74, 6) is 1.44. The molecule has 1 aliphatic heterocycles. The van der Waals surface area contributed by atoms with Gasteiger partial charge in [-0.25, -0.2) is 0 Å². The maximum absolute atomic E-state index is 3.50. The van der Waals surface area contributed by atoms with Gasteiger partial charge >= 0.3 is 0 Å². The Labute approximate surface area is 92.3 Å². The molecule has 2 heteroatoms. The van der Waals surface area contributed by atoms with Crippen LogP contribution in [-0.2, 0) is 0 Å². The first-order valence-electron chi connectivity index (χ1n) is 5.68. The van der Waals surface area contributed by atoms with Crippen molar-refractivity contribution in [2.75, 3.05) is 33.7 Å². The highest BCUT2D eigenvalue weighted by Crippen LogP contribution is 2.28. The molecule has 0 amide bonds. The van der Waals surface area contributed by atoms with Crippen molar-refractivity contribution in [3.05, 3.63) is 35.9 Å². The molecule has 0 unspecified atom stereocenters. The summed E-state index contributed by atoms with van der Waals surface area (Å²) < 4.78 is 0. The molecule has 0 spiro atoms. The van der Waals surface area contributed by atoms with E-state index < -0.39 is 0 Å². The van der Waals surface area contributed by atoms with E-state index in [1.165, 1.54) is 12.1 Å². The van der Waals surface area contributed by atoms with Gasteiger partial charge in [0.25, 0.3) is 0 Å². The fourth-order valence-corrected chi connectivity index (χ4v) is 2.48. The van der Waals surface area contributed by atoms with Gasteiger partial charge in [0.05, 0.1) is 0 Å². The minimum absolute atomic E-state index is 0.689. The van der Waals surface area contributed by atoms with Crippen molar-refractivity contribution in [1.82, 2.24) is 10.2 Å². The van der Waals surface area contributed by atoms with Gasteiger partial charge < -0.3 is 10.2 Å². The van der Waals surface area contributed by atoms with Crippen molar-refractivity contribution in [2.24, 2.45) is 5.92 Å². The van der Waals surface area contributed by atoms with Gasteiger partial charge in [-0.15, -0.1) is 0 Å². The summed E-state index contributed by atoms with van der Waals surface area (Å²) in [5, 5.41) is 3.50. The average Bonchev–Trinajstić information content (AvgIpc) is 2.66. The van der Waals surface area contributed by atoms with Crippen LogP contribution in [0.15, 0.2) is 30.3 Å². The molecule has 1 fully saturated rings. The Balaban J connectivity index is 2.08. The quantitative estimate of drug-likeness (QED) is 0.803. The Hall–Kier alpha value is -0.860. The Morgan fingerprint density at radius 3 is 2.60 bits per heavy atom. The van der Waals surface area contributed by atoms with Gasteiger partial charge in [-0.2, -0.15) is 0 Å². The summed E-state index contributed by atoms with van der Waals surface area (Å²) in [6.07, 6.45) is 0. The van der Waals surface area contributed by atoms with E-state index in [9.17, 15) is 0 Å². The van der Waals surface area contributed by atoms with Gasteiger partial charge in [-0.1, -0.05) is 30.3 Å². The van der Waals surface area contributed by atoms with Crippen LogP contribution in [-0.4, -0.2) is 38.6 Å². The van der Waals surface area contributed by atoms with Gasteiger partial charge in [0.15, 0.2) is 0 Å². The zero-order chi connectivity index (χ0) is 10.7. The van der Waals surface area contributed by atoms with Gasteiger partial charge in [-0.05, 0) is 32.1 Å². The Morgan fingerprint density at radius 2 is 1.93 bits per heavy atom. The lowest BCUT2D eigenvalue weighted by Crippen LogP contribution is -2.26. The van der Waals surface area contributed by atoms with Crippen LogP contribution in [0, 0.1) is 5.92 Å². The second kappa shape index (κ2) is 4.77. The standard InChI is InChI=1S/C13H20N2/c1-15(2)10-12-8-14-9-13(12)11-6-4-3-5-7-11/h3-7,12-14H,8-10H2,1-2H3/t12-,13+/m0/s1. The predicted molar refractivity (Wildman–Crippen MR) is 64.1 cm³/mol. The fraction of sp³-hybridized carbons (Fsp3) is 0.538. The van der Waals surface area contributed by atoms with Gasteiger partial charge in [0.1, 0.15) is 0 Å². The predicted octanol–water partition coefficient (Wildman–Crippen LogP) is 1.55. The van der Waals surface area contributed by atoms with Crippen molar-refractivity contribution in [3.63, 3.8) is 0 Å². The fourth-order valence-electron chi connectivity index (χ4n) is 2.48. The number of nitrogens with zero attached hydrogens (tertiary/aromatic N) is 1. The maximum atomic E-state index is 3.50. The Morgan fingerprint density at radius 1 is 1.20 bits per heavy atom. The molecular weight excluding hydrogens is 184 g/mol. The highest BCUT2D eigenvalue weighted by molar-refractivity contribution is 5.22. The minimum Gasteiger partial charge on any atom is -0.316 e. The minimum atomic E-state index is 0.689. The maximum Gasteiger partial charge on any atom is 0.00239 e. The molecule has 1 aromatic rings. The van der Waals surface area contributed by atoms with Crippen LogP contribution in [0.2, 0.25) is 0 Å². The highest BCUT2D eigenvalue weighted by Gasteiger charge is 2.28. The van der Waals surface area contributed by atoms with Crippen molar-refractivity contribution < 1.29 is 0 Å². The average molecular weight is 204 g/mol. The highest BCUT2D eigenvalue weighted by atomic mass is 15.1. The first-order chi connectivity index (χ1) is 7.27. The van der Waals surface area contributed by atoms with E-state index in [4.69, 9.17) is 0 Å². The molecule has 1 aliphatic rings. The third-order valence-electron chi connectivity index (χ3n) is 3.17. The van der Waals surface area contributed by atoms with Crippen LogP contribution < -0.4 is 5.32 Å². The Bertz CT molecular complexity index is 295. The molecule has 1 aromatic carbocycles. The number of nitrogens with one attached hydrogen (secondary N) is 1. The molecule has 0 saturated carbocycles. The molecule has 0 bridgehead atoms. The van der Waals surface area contributed by atoms with Gasteiger partial charge in [0.2, 0.25) is 0 Å². The molecule has 0 aliphatic carbocycles. The van der Waals surface area contributed by atoms with E-state index in [1.54, 1.807) is 0 Å². The molecule has 1 saturated heterocycles. The normalized spacial score (nSPS) is 26.1. The number of rotatable bonds is 3. The van der Waals surface area contributed by atoms with E-state index >= 15 is 0 Å². The molecule has 2 rings (SSSR count). The lowest BCUT2D eigenvalue weighted by molar-refractivity contribution is 0.322. The zero-order valence-electron chi connectivity index (χ0n) is 9.61. The van der Waals surface area contributed by atoms with Crippen molar-refractivity contribution in [3.8, 4) is 0 Å². The second-order valence-electron chi connectivity index (χ2n) is 4.70. The molecule has 0 radical (unpaired) electrons. The van der Waals surface area contributed by atoms with E-state index in [0.717, 1.165) is 19.0 Å². The van der Waals surface area contributed by atoms with Crippen LogP contribution in [0.5, 0.6) is 0 Å².